The molecule has 0 aliphatic carbocycles. The predicted octanol–water partition coefficient (Wildman–Crippen LogP) is 1.76. The summed E-state index contributed by atoms with van der Waals surface area (Å²) in [4.78, 5) is 0. The Hall–Kier alpha value is -0.360. The Morgan fingerprint density at radius 2 is 2.06 bits per heavy atom. The molecule has 0 saturated heterocycles. The summed E-state index contributed by atoms with van der Waals surface area (Å²) in [6, 6.07) is 3.87. The van der Waals surface area contributed by atoms with Crippen LogP contribution in [0.1, 0.15) is 12.2 Å². The molecule has 0 atom stereocenters. The van der Waals surface area contributed by atoms with E-state index in [1.54, 1.807) is 7.11 Å². The van der Waals surface area contributed by atoms with Crippen molar-refractivity contribution in [1.29, 1.82) is 0 Å². The highest BCUT2D eigenvalue weighted by atomic mass is 79.9. The van der Waals surface area contributed by atoms with E-state index in [1.165, 1.54) is 0 Å². The van der Waals surface area contributed by atoms with Crippen LogP contribution >= 0.6 is 15.9 Å². The Morgan fingerprint density at radius 3 is 2.75 bits per heavy atom. The average Bonchev–Trinajstić information content (AvgIpc) is 2.68. The van der Waals surface area contributed by atoms with Gasteiger partial charge in [0.15, 0.2) is 4.67 Å². The third-order valence-electron chi connectivity index (χ3n) is 2.12. The fourth-order valence-electron chi connectivity index (χ4n) is 1.30. The Bertz CT molecular complexity index is 279. The number of halogens is 1. The van der Waals surface area contributed by atoms with Crippen LogP contribution in [-0.4, -0.2) is 33.4 Å². The van der Waals surface area contributed by atoms with Crippen LogP contribution in [0.3, 0.4) is 0 Å². The number of hydrogen-bond donors (Lipinski definition) is 2. The van der Waals surface area contributed by atoms with Crippen molar-refractivity contribution in [2.75, 3.05) is 33.4 Å². The lowest BCUT2D eigenvalue weighted by Gasteiger charge is -2.04. The van der Waals surface area contributed by atoms with Gasteiger partial charge in [-0.05, 0) is 47.6 Å². The van der Waals surface area contributed by atoms with Crippen LogP contribution in [0.4, 0.5) is 0 Å². The number of furan rings is 1. The maximum atomic E-state index is 5.37. The van der Waals surface area contributed by atoms with Gasteiger partial charge in [0, 0.05) is 13.7 Å². The summed E-state index contributed by atoms with van der Waals surface area (Å²) in [5.74, 6) is 0.958. The second kappa shape index (κ2) is 8.75. The lowest BCUT2D eigenvalue weighted by atomic mass is 10.4. The Labute approximate surface area is 105 Å². The van der Waals surface area contributed by atoms with Crippen molar-refractivity contribution in [3.05, 3.63) is 22.6 Å². The lowest BCUT2D eigenvalue weighted by molar-refractivity contribution is 0.199. The molecule has 16 heavy (non-hydrogen) atoms. The van der Waals surface area contributed by atoms with Crippen LogP contribution in [0, 0.1) is 0 Å². The molecule has 92 valence electrons. The van der Waals surface area contributed by atoms with E-state index < -0.39 is 0 Å². The van der Waals surface area contributed by atoms with Gasteiger partial charge >= 0.3 is 0 Å². The largest absolute Gasteiger partial charge is 0.453 e. The smallest absolute Gasteiger partial charge is 0.169 e. The highest BCUT2D eigenvalue weighted by Gasteiger charge is 1.97. The van der Waals surface area contributed by atoms with Gasteiger partial charge in [0.2, 0.25) is 0 Å². The third-order valence-corrected chi connectivity index (χ3v) is 2.54. The fourth-order valence-corrected chi connectivity index (χ4v) is 1.64. The third kappa shape index (κ3) is 6.27. The summed E-state index contributed by atoms with van der Waals surface area (Å²) in [5.41, 5.74) is 0. The first-order chi connectivity index (χ1) is 7.83. The van der Waals surface area contributed by atoms with Gasteiger partial charge in [-0.25, -0.2) is 0 Å². The molecule has 5 heteroatoms. The zero-order valence-electron chi connectivity index (χ0n) is 9.59. The topological polar surface area (TPSA) is 46.4 Å². The predicted molar refractivity (Wildman–Crippen MR) is 67.5 cm³/mol. The normalized spacial score (nSPS) is 10.9. The van der Waals surface area contributed by atoms with Gasteiger partial charge in [-0.3, -0.25) is 0 Å². The van der Waals surface area contributed by atoms with Gasteiger partial charge in [0.25, 0.3) is 0 Å². The van der Waals surface area contributed by atoms with Gasteiger partial charge in [-0.2, -0.15) is 0 Å². The SMILES string of the molecule is COCCNCCCNCc1ccc(Br)o1. The molecule has 0 saturated carbocycles. The Morgan fingerprint density at radius 1 is 1.25 bits per heavy atom. The summed E-state index contributed by atoms with van der Waals surface area (Å²) in [6.45, 7) is 4.47. The molecule has 1 heterocycles. The van der Waals surface area contributed by atoms with Crippen LogP contribution in [0.15, 0.2) is 21.2 Å². The molecule has 2 N–H and O–H groups in total. The highest BCUT2D eigenvalue weighted by Crippen LogP contribution is 2.13. The van der Waals surface area contributed by atoms with Crippen molar-refractivity contribution in [2.45, 2.75) is 13.0 Å². The van der Waals surface area contributed by atoms with Gasteiger partial charge in [-0.1, -0.05) is 0 Å². The summed E-state index contributed by atoms with van der Waals surface area (Å²) < 4.78 is 11.1. The van der Waals surface area contributed by atoms with E-state index in [-0.39, 0.29) is 0 Å². The maximum Gasteiger partial charge on any atom is 0.169 e. The number of methoxy groups -OCH3 is 1. The van der Waals surface area contributed by atoms with Crippen molar-refractivity contribution in [2.24, 2.45) is 0 Å². The van der Waals surface area contributed by atoms with Crippen molar-refractivity contribution in [3.8, 4) is 0 Å². The molecule has 4 nitrogen and oxygen atoms in total. The quantitative estimate of drug-likeness (QED) is 0.681. The molecule has 0 unspecified atom stereocenters. The van der Waals surface area contributed by atoms with E-state index in [9.17, 15) is 0 Å². The first-order valence-corrected chi connectivity index (χ1v) is 6.27. The van der Waals surface area contributed by atoms with Crippen LogP contribution in [-0.2, 0) is 11.3 Å². The molecule has 0 aliphatic heterocycles. The molecule has 0 radical (unpaired) electrons. The van der Waals surface area contributed by atoms with E-state index >= 15 is 0 Å². The fraction of sp³-hybridized carbons (Fsp3) is 0.636. The summed E-state index contributed by atoms with van der Waals surface area (Å²) in [7, 11) is 1.71. The van der Waals surface area contributed by atoms with E-state index in [4.69, 9.17) is 9.15 Å². The summed E-state index contributed by atoms with van der Waals surface area (Å²) in [5, 5.41) is 6.61. The van der Waals surface area contributed by atoms with Gasteiger partial charge in [0.05, 0.1) is 13.2 Å². The average molecular weight is 291 g/mol. The molecule has 0 aliphatic rings. The number of rotatable bonds is 9. The van der Waals surface area contributed by atoms with Crippen LogP contribution in [0.25, 0.3) is 0 Å². The molecule has 0 fully saturated rings. The minimum atomic E-state index is 0.772. The summed E-state index contributed by atoms with van der Waals surface area (Å²) >= 11 is 3.27. The van der Waals surface area contributed by atoms with Crippen LogP contribution in [0.2, 0.25) is 0 Å². The zero-order valence-corrected chi connectivity index (χ0v) is 11.2. The maximum absolute atomic E-state index is 5.37. The minimum absolute atomic E-state index is 0.772. The zero-order chi connectivity index (χ0) is 11.6. The molecular weight excluding hydrogens is 272 g/mol. The number of ether oxygens (including phenoxy) is 1. The highest BCUT2D eigenvalue weighted by molar-refractivity contribution is 9.10. The molecule has 0 aromatic carbocycles. The molecule has 1 aromatic rings. The molecule has 0 amide bonds. The summed E-state index contributed by atoms with van der Waals surface area (Å²) in [6.07, 6.45) is 1.10. The molecule has 1 aromatic heterocycles. The van der Waals surface area contributed by atoms with Crippen molar-refractivity contribution in [1.82, 2.24) is 10.6 Å². The van der Waals surface area contributed by atoms with E-state index in [0.717, 1.165) is 49.6 Å². The first kappa shape index (κ1) is 13.7. The van der Waals surface area contributed by atoms with Crippen molar-refractivity contribution < 1.29 is 9.15 Å². The van der Waals surface area contributed by atoms with Gasteiger partial charge in [-0.15, -0.1) is 0 Å². The lowest BCUT2D eigenvalue weighted by Crippen LogP contribution is -2.24. The van der Waals surface area contributed by atoms with Gasteiger partial charge < -0.3 is 19.8 Å². The molecular formula is C11H19BrN2O2. The Balaban J connectivity index is 1.88. The van der Waals surface area contributed by atoms with E-state index in [2.05, 4.69) is 26.6 Å². The minimum Gasteiger partial charge on any atom is -0.453 e. The Kier molecular flexibility index (Phi) is 7.50. The van der Waals surface area contributed by atoms with Crippen molar-refractivity contribution in [3.63, 3.8) is 0 Å². The van der Waals surface area contributed by atoms with Crippen LogP contribution < -0.4 is 10.6 Å². The second-order valence-electron chi connectivity index (χ2n) is 3.48. The van der Waals surface area contributed by atoms with E-state index in [1.807, 2.05) is 12.1 Å². The van der Waals surface area contributed by atoms with Crippen molar-refractivity contribution >= 4 is 15.9 Å². The van der Waals surface area contributed by atoms with E-state index in [0.29, 0.717) is 0 Å². The standard InChI is InChI=1S/C11H19BrN2O2/c1-15-8-7-13-5-2-6-14-9-10-3-4-11(12)16-10/h3-4,13-14H,2,5-9H2,1H3. The second-order valence-corrected chi connectivity index (χ2v) is 4.26. The van der Waals surface area contributed by atoms with Crippen LogP contribution in [0.5, 0.6) is 0 Å². The molecule has 1 rings (SSSR count). The molecule has 0 bridgehead atoms. The molecule has 0 spiro atoms. The monoisotopic (exact) mass is 290 g/mol. The number of hydrogen-bond acceptors (Lipinski definition) is 4. The number of nitrogens with one attached hydrogen (secondary N) is 2. The van der Waals surface area contributed by atoms with Gasteiger partial charge in [0.1, 0.15) is 5.76 Å². The first-order valence-electron chi connectivity index (χ1n) is 5.47.